The molecule has 1 aliphatic rings. The number of alkyl halides is 1. The topological polar surface area (TPSA) is 26.3 Å². The molecular formula is C15H15ClO2. The van der Waals surface area contributed by atoms with Gasteiger partial charge in [0.25, 0.3) is 0 Å². The Morgan fingerprint density at radius 3 is 2.50 bits per heavy atom. The highest BCUT2D eigenvalue weighted by Gasteiger charge is 2.14. The zero-order chi connectivity index (χ0) is 13.1. The number of carbonyl (C=O) groups is 1. The molecular weight excluding hydrogens is 248 g/mol. The van der Waals surface area contributed by atoms with Gasteiger partial charge in [-0.15, -0.1) is 11.6 Å². The summed E-state index contributed by atoms with van der Waals surface area (Å²) in [5.41, 5.74) is 5.46. The molecule has 0 amide bonds. The number of methoxy groups -OCH3 is 1. The van der Waals surface area contributed by atoms with Gasteiger partial charge < -0.3 is 4.74 Å². The van der Waals surface area contributed by atoms with Gasteiger partial charge >= 0.3 is 5.97 Å². The fourth-order valence-corrected chi connectivity index (χ4v) is 2.37. The first kappa shape index (κ1) is 12.9. The van der Waals surface area contributed by atoms with Gasteiger partial charge in [-0.05, 0) is 42.2 Å². The maximum atomic E-state index is 11.3. The number of hydrogen-bond acceptors (Lipinski definition) is 2. The van der Waals surface area contributed by atoms with E-state index in [1.807, 2.05) is 12.1 Å². The Balaban J connectivity index is 2.20. The van der Waals surface area contributed by atoms with Crippen LogP contribution in [0.25, 0.3) is 5.57 Å². The van der Waals surface area contributed by atoms with Gasteiger partial charge in [-0.3, -0.25) is 0 Å². The molecule has 0 saturated heterocycles. The summed E-state index contributed by atoms with van der Waals surface area (Å²) in [4.78, 5) is 11.3. The fraction of sp³-hybridized carbons (Fsp3) is 0.267. The van der Waals surface area contributed by atoms with E-state index in [-0.39, 0.29) is 5.97 Å². The summed E-state index contributed by atoms with van der Waals surface area (Å²) in [6.07, 6.45) is 3.06. The van der Waals surface area contributed by atoms with E-state index in [0.717, 1.165) is 12.0 Å². The van der Waals surface area contributed by atoms with Crippen LogP contribution in [0, 0.1) is 0 Å². The minimum atomic E-state index is -0.308. The minimum absolute atomic E-state index is 0.308. The first-order valence-corrected chi connectivity index (χ1v) is 6.33. The SMILES string of the molecule is COC(=O)c1ccc(C2=CC(CCl)=C(C)C2)cc1. The molecule has 94 valence electrons. The zero-order valence-corrected chi connectivity index (χ0v) is 11.3. The standard InChI is InChI=1S/C15H15ClO2/c1-10-7-13(8-14(10)9-16)11-3-5-12(6-4-11)15(17)18-2/h3-6,8H,7,9H2,1-2H3. The molecule has 0 atom stereocenters. The third-order valence-corrected chi connectivity index (χ3v) is 3.46. The van der Waals surface area contributed by atoms with E-state index < -0.39 is 0 Å². The lowest BCUT2D eigenvalue weighted by Crippen LogP contribution is -2.00. The van der Waals surface area contributed by atoms with E-state index in [1.165, 1.54) is 23.8 Å². The van der Waals surface area contributed by atoms with Crippen molar-refractivity contribution < 1.29 is 9.53 Å². The summed E-state index contributed by atoms with van der Waals surface area (Å²) in [6.45, 7) is 2.10. The summed E-state index contributed by atoms with van der Waals surface area (Å²) >= 11 is 5.88. The Kier molecular flexibility index (Phi) is 3.87. The molecule has 0 spiro atoms. The van der Waals surface area contributed by atoms with Gasteiger partial charge in [-0.1, -0.05) is 23.8 Å². The number of benzene rings is 1. The van der Waals surface area contributed by atoms with Gasteiger partial charge in [0.05, 0.1) is 12.7 Å². The Labute approximate surface area is 112 Å². The van der Waals surface area contributed by atoms with E-state index in [4.69, 9.17) is 11.6 Å². The lowest BCUT2D eigenvalue weighted by atomic mass is 10.0. The van der Waals surface area contributed by atoms with Gasteiger partial charge in [0, 0.05) is 5.88 Å². The molecule has 0 aliphatic heterocycles. The van der Waals surface area contributed by atoms with Crippen LogP contribution in [-0.4, -0.2) is 19.0 Å². The van der Waals surface area contributed by atoms with Gasteiger partial charge in [-0.2, -0.15) is 0 Å². The van der Waals surface area contributed by atoms with E-state index in [9.17, 15) is 4.79 Å². The van der Waals surface area contributed by atoms with Crippen molar-refractivity contribution in [2.24, 2.45) is 0 Å². The fourth-order valence-electron chi connectivity index (χ4n) is 2.06. The molecule has 2 nitrogen and oxygen atoms in total. The van der Waals surface area contributed by atoms with Crippen molar-refractivity contribution >= 4 is 23.1 Å². The molecule has 0 N–H and O–H groups in total. The van der Waals surface area contributed by atoms with Gasteiger partial charge in [0.15, 0.2) is 0 Å². The monoisotopic (exact) mass is 262 g/mol. The number of allylic oxidation sites excluding steroid dienone is 4. The van der Waals surface area contributed by atoms with E-state index in [1.54, 1.807) is 12.1 Å². The van der Waals surface area contributed by atoms with Crippen LogP contribution < -0.4 is 0 Å². The van der Waals surface area contributed by atoms with Crippen molar-refractivity contribution in [3.63, 3.8) is 0 Å². The second kappa shape index (κ2) is 5.40. The van der Waals surface area contributed by atoms with Gasteiger partial charge in [-0.25, -0.2) is 4.79 Å². The molecule has 1 aliphatic carbocycles. The maximum absolute atomic E-state index is 11.3. The summed E-state index contributed by atoms with van der Waals surface area (Å²) in [5.74, 6) is 0.243. The molecule has 2 rings (SSSR count). The molecule has 0 fully saturated rings. The molecule has 0 aromatic heterocycles. The van der Waals surface area contributed by atoms with Crippen molar-refractivity contribution in [2.75, 3.05) is 13.0 Å². The second-order valence-corrected chi connectivity index (χ2v) is 4.62. The van der Waals surface area contributed by atoms with Crippen molar-refractivity contribution in [1.82, 2.24) is 0 Å². The lowest BCUT2D eigenvalue weighted by Gasteiger charge is -2.04. The molecule has 0 saturated carbocycles. The Bertz CT molecular complexity index is 524. The number of ether oxygens (including phenoxy) is 1. The third kappa shape index (κ3) is 2.49. The quantitative estimate of drug-likeness (QED) is 0.612. The van der Waals surface area contributed by atoms with Crippen LogP contribution in [0.1, 0.15) is 29.3 Å². The summed E-state index contributed by atoms with van der Waals surface area (Å²) in [7, 11) is 1.38. The van der Waals surface area contributed by atoms with Crippen LogP contribution in [0.5, 0.6) is 0 Å². The summed E-state index contributed by atoms with van der Waals surface area (Å²) in [5, 5.41) is 0. The molecule has 0 heterocycles. The highest BCUT2D eigenvalue weighted by Crippen LogP contribution is 2.32. The molecule has 18 heavy (non-hydrogen) atoms. The number of rotatable bonds is 3. The van der Waals surface area contributed by atoms with Crippen LogP contribution in [-0.2, 0) is 4.74 Å². The van der Waals surface area contributed by atoms with Crippen LogP contribution >= 0.6 is 11.6 Å². The number of carbonyl (C=O) groups excluding carboxylic acids is 1. The predicted octanol–water partition coefficient (Wildman–Crippen LogP) is 3.82. The molecule has 0 unspecified atom stereocenters. The second-order valence-electron chi connectivity index (χ2n) is 4.35. The lowest BCUT2D eigenvalue weighted by molar-refractivity contribution is 0.0601. The number of esters is 1. The van der Waals surface area contributed by atoms with Crippen LogP contribution in [0.4, 0.5) is 0 Å². The van der Waals surface area contributed by atoms with Crippen LogP contribution in [0.3, 0.4) is 0 Å². The molecule has 1 aromatic rings. The predicted molar refractivity (Wildman–Crippen MR) is 73.8 cm³/mol. The van der Waals surface area contributed by atoms with E-state index in [0.29, 0.717) is 11.4 Å². The first-order chi connectivity index (χ1) is 8.65. The first-order valence-electron chi connectivity index (χ1n) is 5.79. The summed E-state index contributed by atoms with van der Waals surface area (Å²) in [6, 6.07) is 7.47. The third-order valence-electron chi connectivity index (χ3n) is 3.17. The Hall–Kier alpha value is -1.54. The van der Waals surface area contributed by atoms with Gasteiger partial charge in [0.2, 0.25) is 0 Å². The highest BCUT2D eigenvalue weighted by molar-refractivity contribution is 6.20. The van der Waals surface area contributed by atoms with Gasteiger partial charge in [0.1, 0.15) is 0 Å². The van der Waals surface area contributed by atoms with E-state index >= 15 is 0 Å². The minimum Gasteiger partial charge on any atom is -0.465 e. The van der Waals surface area contributed by atoms with Crippen LogP contribution in [0.2, 0.25) is 0 Å². The smallest absolute Gasteiger partial charge is 0.337 e. The van der Waals surface area contributed by atoms with Crippen molar-refractivity contribution in [1.29, 1.82) is 0 Å². The summed E-state index contributed by atoms with van der Waals surface area (Å²) < 4.78 is 4.67. The maximum Gasteiger partial charge on any atom is 0.337 e. The number of hydrogen-bond donors (Lipinski definition) is 0. The van der Waals surface area contributed by atoms with Crippen LogP contribution in [0.15, 0.2) is 41.5 Å². The zero-order valence-electron chi connectivity index (χ0n) is 10.5. The Morgan fingerprint density at radius 1 is 1.33 bits per heavy atom. The van der Waals surface area contributed by atoms with E-state index in [2.05, 4.69) is 17.7 Å². The molecule has 1 aromatic carbocycles. The van der Waals surface area contributed by atoms with Crippen molar-refractivity contribution in [3.8, 4) is 0 Å². The highest BCUT2D eigenvalue weighted by atomic mass is 35.5. The normalized spacial score (nSPS) is 14.7. The average molecular weight is 263 g/mol. The number of halogens is 1. The average Bonchev–Trinajstić information content (AvgIpc) is 2.79. The van der Waals surface area contributed by atoms with Crippen molar-refractivity contribution in [3.05, 3.63) is 52.6 Å². The largest absolute Gasteiger partial charge is 0.465 e. The Morgan fingerprint density at radius 2 is 2.00 bits per heavy atom. The molecule has 3 heteroatoms. The molecule has 0 bridgehead atoms. The molecule has 0 radical (unpaired) electrons. The van der Waals surface area contributed by atoms with Crippen molar-refractivity contribution in [2.45, 2.75) is 13.3 Å².